The van der Waals surface area contributed by atoms with E-state index in [4.69, 9.17) is 18.9 Å². The highest BCUT2D eigenvalue weighted by Gasteiger charge is 2.42. The van der Waals surface area contributed by atoms with Crippen molar-refractivity contribution in [2.75, 3.05) is 52.9 Å². The van der Waals surface area contributed by atoms with Crippen LogP contribution in [0, 0.1) is 10.8 Å². The summed E-state index contributed by atoms with van der Waals surface area (Å²) >= 11 is 7.63. The first-order chi connectivity index (χ1) is 20.9. The van der Waals surface area contributed by atoms with Crippen molar-refractivity contribution in [2.45, 2.75) is 96.3 Å². The van der Waals surface area contributed by atoms with Crippen LogP contribution in [0.25, 0.3) is 11.1 Å². The van der Waals surface area contributed by atoms with Gasteiger partial charge in [0.25, 0.3) is 0 Å². The highest BCUT2D eigenvalue weighted by molar-refractivity contribution is 9.10. The van der Waals surface area contributed by atoms with E-state index in [9.17, 15) is 0 Å². The van der Waals surface area contributed by atoms with Gasteiger partial charge in [-0.1, -0.05) is 96.4 Å². The summed E-state index contributed by atoms with van der Waals surface area (Å²) in [6.45, 7) is 11.4. The van der Waals surface area contributed by atoms with E-state index in [0.717, 1.165) is 78.5 Å². The summed E-state index contributed by atoms with van der Waals surface area (Å²) < 4.78 is 25.4. The molecule has 0 saturated carbocycles. The molecule has 6 heteroatoms. The summed E-state index contributed by atoms with van der Waals surface area (Å²) in [5.41, 5.74) is 6.51. The van der Waals surface area contributed by atoms with Gasteiger partial charge < -0.3 is 18.9 Å². The van der Waals surface area contributed by atoms with Gasteiger partial charge in [0.15, 0.2) is 0 Å². The molecule has 5 rings (SSSR count). The molecule has 3 aliphatic rings. The van der Waals surface area contributed by atoms with Crippen molar-refractivity contribution in [1.82, 2.24) is 0 Å². The minimum absolute atomic E-state index is 0.0701. The van der Waals surface area contributed by atoms with Crippen molar-refractivity contribution < 1.29 is 18.9 Å². The van der Waals surface area contributed by atoms with Gasteiger partial charge in [0, 0.05) is 38.4 Å². The monoisotopic (exact) mass is 718 g/mol. The Morgan fingerprint density at radius 1 is 0.605 bits per heavy atom. The molecule has 2 aliphatic heterocycles. The average Bonchev–Trinajstić information content (AvgIpc) is 3.22. The minimum atomic E-state index is 0.0701. The van der Waals surface area contributed by atoms with Gasteiger partial charge in [-0.3, -0.25) is 0 Å². The molecule has 0 unspecified atom stereocenters. The van der Waals surface area contributed by atoms with E-state index in [1.807, 2.05) is 0 Å². The van der Waals surface area contributed by atoms with Gasteiger partial charge in [0.2, 0.25) is 0 Å². The van der Waals surface area contributed by atoms with Crippen LogP contribution >= 0.6 is 31.9 Å². The fraction of sp³-hybridized carbons (Fsp3) is 0.676. The molecular formula is C37H52Br2O4. The number of ether oxygens (including phenoxy) is 4. The number of benzene rings is 2. The normalized spacial score (nSPS) is 19.0. The first-order valence-corrected chi connectivity index (χ1v) is 18.4. The van der Waals surface area contributed by atoms with E-state index in [2.05, 4.69) is 82.1 Å². The second-order valence-electron chi connectivity index (χ2n) is 13.6. The smallest absolute Gasteiger partial charge is 0.0566 e. The Labute approximate surface area is 277 Å². The zero-order valence-electron chi connectivity index (χ0n) is 26.5. The molecule has 1 aliphatic carbocycles. The van der Waals surface area contributed by atoms with Crippen molar-refractivity contribution in [3.05, 3.63) is 56.5 Å². The van der Waals surface area contributed by atoms with Crippen LogP contribution in [-0.2, 0) is 24.4 Å². The first-order valence-electron chi connectivity index (χ1n) is 16.9. The maximum Gasteiger partial charge on any atom is 0.0566 e. The van der Waals surface area contributed by atoms with Gasteiger partial charge in [-0.2, -0.15) is 0 Å². The fourth-order valence-corrected chi connectivity index (χ4v) is 7.93. The SMILES string of the molecule is CCC1(COCCCCCCC2(CCCCCCOCC3(CC)COC3)c3cc(Br)ccc3-c3ccc(Br)cc32)COC1. The lowest BCUT2D eigenvalue weighted by molar-refractivity contribution is -0.150. The highest BCUT2D eigenvalue weighted by Crippen LogP contribution is 2.55. The Morgan fingerprint density at radius 2 is 1.02 bits per heavy atom. The lowest BCUT2D eigenvalue weighted by Gasteiger charge is -2.40. The van der Waals surface area contributed by atoms with Gasteiger partial charge in [0.1, 0.15) is 0 Å². The van der Waals surface area contributed by atoms with E-state index in [1.54, 1.807) is 0 Å². The van der Waals surface area contributed by atoms with Crippen LogP contribution in [0.2, 0.25) is 0 Å². The Morgan fingerprint density at radius 3 is 1.40 bits per heavy atom. The Bertz CT molecular complexity index is 1070. The Kier molecular flexibility index (Phi) is 12.3. The third kappa shape index (κ3) is 7.97. The molecule has 0 bridgehead atoms. The molecule has 0 amide bonds. The first kappa shape index (κ1) is 33.6. The molecule has 2 saturated heterocycles. The Balaban J connectivity index is 1.14. The van der Waals surface area contributed by atoms with Gasteiger partial charge >= 0.3 is 0 Å². The summed E-state index contributed by atoms with van der Waals surface area (Å²) in [7, 11) is 0. The number of fused-ring (bicyclic) bond motifs is 3. The van der Waals surface area contributed by atoms with Crippen LogP contribution in [0.15, 0.2) is 45.3 Å². The molecule has 238 valence electrons. The fourth-order valence-electron chi connectivity index (χ4n) is 7.21. The second-order valence-corrected chi connectivity index (χ2v) is 15.4. The summed E-state index contributed by atoms with van der Waals surface area (Å²) in [6, 6.07) is 13.9. The number of rotatable bonds is 20. The van der Waals surface area contributed by atoms with E-state index in [-0.39, 0.29) is 16.2 Å². The number of hydrogen-bond donors (Lipinski definition) is 0. The van der Waals surface area contributed by atoms with Crippen LogP contribution in [0.3, 0.4) is 0 Å². The second kappa shape index (κ2) is 15.7. The summed E-state index contributed by atoms with van der Waals surface area (Å²) in [4.78, 5) is 0. The Hall–Kier alpha value is -0.760. The minimum Gasteiger partial charge on any atom is -0.381 e. The standard InChI is InChI=1S/C37H52Br2O4/c1-3-35(25-42-26-35)23-40-19-11-7-5-9-17-37(18-10-6-8-12-20-41-24-36(4-2)27-43-28-36)33-21-29(38)13-15-31(33)32-16-14-30(39)22-34(32)37/h13-16,21-22H,3-12,17-20,23-28H2,1-2H3. The van der Waals surface area contributed by atoms with E-state index < -0.39 is 0 Å². The molecule has 0 N–H and O–H groups in total. The van der Waals surface area contributed by atoms with Crippen LogP contribution in [0.5, 0.6) is 0 Å². The maximum atomic E-state index is 6.08. The van der Waals surface area contributed by atoms with Gasteiger partial charge in [-0.25, -0.2) is 0 Å². The number of unbranched alkanes of at least 4 members (excludes halogenated alkanes) is 6. The molecule has 0 spiro atoms. The largest absolute Gasteiger partial charge is 0.381 e. The van der Waals surface area contributed by atoms with Crippen LogP contribution in [0.1, 0.15) is 102 Å². The third-order valence-electron chi connectivity index (χ3n) is 10.5. The zero-order valence-corrected chi connectivity index (χ0v) is 29.7. The van der Waals surface area contributed by atoms with Crippen molar-refractivity contribution in [3.63, 3.8) is 0 Å². The van der Waals surface area contributed by atoms with Crippen LogP contribution in [0.4, 0.5) is 0 Å². The van der Waals surface area contributed by atoms with E-state index in [0.29, 0.717) is 0 Å². The van der Waals surface area contributed by atoms with E-state index in [1.165, 1.54) is 82.6 Å². The molecule has 0 radical (unpaired) electrons. The lowest BCUT2D eigenvalue weighted by Crippen LogP contribution is -2.45. The highest BCUT2D eigenvalue weighted by atomic mass is 79.9. The number of hydrogen-bond acceptors (Lipinski definition) is 4. The quantitative estimate of drug-likeness (QED) is 0.128. The topological polar surface area (TPSA) is 36.9 Å². The van der Waals surface area contributed by atoms with Crippen LogP contribution < -0.4 is 0 Å². The van der Waals surface area contributed by atoms with Crippen molar-refractivity contribution in [1.29, 1.82) is 0 Å². The van der Waals surface area contributed by atoms with Crippen molar-refractivity contribution in [3.8, 4) is 11.1 Å². The maximum absolute atomic E-state index is 6.08. The summed E-state index contributed by atoms with van der Waals surface area (Å²) in [6.07, 6.45) is 14.4. The van der Waals surface area contributed by atoms with Gasteiger partial charge in [0.05, 0.1) is 39.6 Å². The molecular weight excluding hydrogens is 668 g/mol. The van der Waals surface area contributed by atoms with Crippen LogP contribution in [-0.4, -0.2) is 52.9 Å². The lowest BCUT2D eigenvalue weighted by atomic mass is 9.70. The van der Waals surface area contributed by atoms with Gasteiger partial charge in [-0.15, -0.1) is 0 Å². The molecule has 4 nitrogen and oxygen atoms in total. The molecule has 2 heterocycles. The summed E-state index contributed by atoms with van der Waals surface area (Å²) in [5.74, 6) is 0. The molecule has 2 aromatic carbocycles. The average molecular weight is 721 g/mol. The van der Waals surface area contributed by atoms with Crippen molar-refractivity contribution in [2.24, 2.45) is 10.8 Å². The molecule has 43 heavy (non-hydrogen) atoms. The molecule has 0 aromatic heterocycles. The summed E-state index contributed by atoms with van der Waals surface area (Å²) in [5, 5.41) is 0. The van der Waals surface area contributed by atoms with Crippen molar-refractivity contribution >= 4 is 31.9 Å². The molecule has 2 aromatic rings. The third-order valence-corrected chi connectivity index (χ3v) is 11.5. The molecule has 0 atom stereocenters. The van der Waals surface area contributed by atoms with E-state index >= 15 is 0 Å². The number of halogens is 2. The van der Waals surface area contributed by atoms with Gasteiger partial charge in [-0.05, 0) is 85.0 Å². The molecule has 2 fully saturated rings. The zero-order chi connectivity index (χ0) is 30.2. The predicted molar refractivity (Wildman–Crippen MR) is 183 cm³/mol. The predicted octanol–water partition coefficient (Wildman–Crippen LogP) is 10.3.